The number of ether oxygens (including phenoxy) is 3. The molecule has 212 valence electrons. The third-order valence-electron chi connectivity index (χ3n) is 6.73. The van der Waals surface area contributed by atoms with Crippen LogP contribution >= 0.6 is 0 Å². The molecule has 0 aliphatic rings. The number of rotatable bonds is 12. The first kappa shape index (κ1) is 30.2. The minimum atomic E-state index is -0.709. The summed E-state index contributed by atoms with van der Waals surface area (Å²) in [6.07, 6.45) is 3.36. The Kier molecular flexibility index (Phi) is 9.48. The van der Waals surface area contributed by atoms with Gasteiger partial charge >= 0.3 is 5.97 Å². The molecule has 2 aromatic heterocycles. The number of fused-ring (bicyclic) bond motifs is 1. The van der Waals surface area contributed by atoms with Crippen LogP contribution in [0.2, 0.25) is 0 Å². The SMILES string of the molecule is CCC(C)(CCC(=O)c1c(C)nc2c(OCc3c(F)cccc3F)cc(COC)cn12)CC(=O)OC(C)(C)C. The van der Waals surface area contributed by atoms with Crippen molar-refractivity contribution in [1.29, 1.82) is 0 Å². The fourth-order valence-electron chi connectivity index (χ4n) is 4.44. The normalized spacial score (nSPS) is 13.4. The maximum atomic E-state index is 14.2. The topological polar surface area (TPSA) is 79.1 Å². The minimum Gasteiger partial charge on any atom is -0.485 e. The fourth-order valence-corrected chi connectivity index (χ4v) is 4.44. The first-order valence-corrected chi connectivity index (χ1v) is 13.1. The zero-order chi connectivity index (χ0) is 29.0. The van der Waals surface area contributed by atoms with Crippen molar-refractivity contribution in [2.45, 2.75) is 86.0 Å². The third-order valence-corrected chi connectivity index (χ3v) is 6.73. The summed E-state index contributed by atoms with van der Waals surface area (Å²) in [5.74, 6) is -1.57. The molecule has 9 heteroatoms. The molecule has 0 amide bonds. The van der Waals surface area contributed by atoms with E-state index in [-0.39, 0.29) is 49.1 Å². The molecule has 39 heavy (non-hydrogen) atoms. The molecular weight excluding hydrogens is 506 g/mol. The van der Waals surface area contributed by atoms with E-state index in [1.807, 2.05) is 34.6 Å². The van der Waals surface area contributed by atoms with Crippen molar-refractivity contribution in [1.82, 2.24) is 9.38 Å². The Bertz CT molecular complexity index is 1330. The number of halogens is 2. The van der Waals surface area contributed by atoms with E-state index < -0.39 is 22.7 Å². The van der Waals surface area contributed by atoms with Crippen LogP contribution in [0, 0.1) is 24.0 Å². The smallest absolute Gasteiger partial charge is 0.306 e. The molecule has 7 nitrogen and oxygen atoms in total. The molecule has 1 atom stereocenters. The van der Waals surface area contributed by atoms with Gasteiger partial charge in [-0.25, -0.2) is 13.8 Å². The van der Waals surface area contributed by atoms with Gasteiger partial charge in [0.05, 0.1) is 24.3 Å². The number of aromatic nitrogens is 2. The molecule has 3 rings (SSSR count). The van der Waals surface area contributed by atoms with Crippen LogP contribution in [0.15, 0.2) is 30.5 Å². The maximum Gasteiger partial charge on any atom is 0.306 e. The summed E-state index contributed by atoms with van der Waals surface area (Å²) >= 11 is 0. The number of Topliss-reactive ketones (excluding diaryl/α,β-unsaturated/α-hetero) is 1. The molecule has 0 saturated heterocycles. The molecule has 0 fully saturated rings. The second-order valence-corrected chi connectivity index (χ2v) is 11.2. The Labute approximate surface area is 228 Å². The van der Waals surface area contributed by atoms with Gasteiger partial charge < -0.3 is 14.2 Å². The largest absolute Gasteiger partial charge is 0.485 e. The Hall–Kier alpha value is -3.33. The van der Waals surface area contributed by atoms with Crippen LogP contribution < -0.4 is 4.74 Å². The number of methoxy groups -OCH3 is 1. The fraction of sp³-hybridized carbons (Fsp3) is 0.500. The molecule has 0 bridgehead atoms. The van der Waals surface area contributed by atoms with Gasteiger partial charge in [-0.2, -0.15) is 0 Å². The molecule has 3 aromatic rings. The number of carbonyl (C=O) groups is 2. The van der Waals surface area contributed by atoms with Gasteiger partial charge in [0.1, 0.15) is 29.5 Å². The van der Waals surface area contributed by atoms with Crippen molar-refractivity contribution in [3.63, 3.8) is 0 Å². The lowest BCUT2D eigenvalue weighted by atomic mass is 9.79. The molecule has 1 unspecified atom stereocenters. The van der Waals surface area contributed by atoms with Crippen LogP contribution in [0.5, 0.6) is 5.75 Å². The van der Waals surface area contributed by atoms with Gasteiger partial charge in [0, 0.05) is 19.7 Å². The number of hydrogen-bond donors (Lipinski definition) is 0. The predicted octanol–water partition coefficient (Wildman–Crippen LogP) is 6.76. The molecule has 1 aromatic carbocycles. The Balaban J connectivity index is 1.88. The monoisotopic (exact) mass is 544 g/mol. The van der Waals surface area contributed by atoms with Gasteiger partial charge in [0.2, 0.25) is 0 Å². The van der Waals surface area contributed by atoms with E-state index in [4.69, 9.17) is 14.2 Å². The van der Waals surface area contributed by atoms with Gasteiger partial charge in [0.15, 0.2) is 17.2 Å². The predicted molar refractivity (Wildman–Crippen MR) is 144 cm³/mol. The Morgan fingerprint density at radius 3 is 2.33 bits per heavy atom. The number of ketones is 1. The lowest BCUT2D eigenvalue weighted by molar-refractivity contribution is -0.157. The quantitative estimate of drug-likeness (QED) is 0.185. The lowest BCUT2D eigenvalue weighted by Gasteiger charge is -2.29. The van der Waals surface area contributed by atoms with E-state index in [2.05, 4.69) is 4.98 Å². The number of benzene rings is 1. The molecule has 0 saturated carbocycles. The first-order valence-electron chi connectivity index (χ1n) is 13.1. The van der Waals surface area contributed by atoms with Gasteiger partial charge in [-0.15, -0.1) is 0 Å². The molecule has 0 aliphatic carbocycles. The average Bonchev–Trinajstić information content (AvgIpc) is 3.17. The summed E-state index contributed by atoms with van der Waals surface area (Å²) < 4.78 is 46.6. The summed E-state index contributed by atoms with van der Waals surface area (Å²) in [6.45, 7) is 11.1. The van der Waals surface area contributed by atoms with Crippen molar-refractivity contribution >= 4 is 17.4 Å². The van der Waals surface area contributed by atoms with Crippen molar-refractivity contribution in [2.75, 3.05) is 7.11 Å². The number of pyridine rings is 1. The standard InChI is InChI=1S/C30H38F2N2O5/c1-8-30(6,15-26(36)39-29(3,4)5)13-12-24(35)27-19(2)33-28-25(14-20(17-37-7)16-34(27)28)38-18-21-22(31)10-9-11-23(21)32/h9-11,14,16H,8,12-13,15,17-18H2,1-7H3. The third kappa shape index (κ3) is 7.62. The van der Waals surface area contributed by atoms with Gasteiger partial charge in [0.25, 0.3) is 0 Å². The van der Waals surface area contributed by atoms with Crippen LogP contribution in [0.25, 0.3) is 5.65 Å². The highest BCUT2D eigenvalue weighted by Crippen LogP contribution is 2.34. The van der Waals surface area contributed by atoms with E-state index in [0.29, 0.717) is 35.4 Å². The molecule has 0 radical (unpaired) electrons. The van der Waals surface area contributed by atoms with E-state index in [0.717, 1.165) is 0 Å². The summed E-state index contributed by atoms with van der Waals surface area (Å²) in [5.41, 5.74) is 0.764. The van der Waals surface area contributed by atoms with E-state index in [1.54, 1.807) is 30.7 Å². The number of imidazole rings is 1. The van der Waals surface area contributed by atoms with Crippen molar-refractivity contribution in [3.05, 3.63) is 64.6 Å². The Morgan fingerprint density at radius 2 is 1.74 bits per heavy atom. The molecule has 2 heterocycles. The molecule has 0 N–H and O–H groups in total. The van der Waals surface area contributed by atoms with Gasteiger partial charge in [-0.1, -0.05) is 26.3 Å². The summed E-state index contributed by atoms with van der Waals surface area (Å²) in [7, 11) is 1.54. The highest BCUT2D eigenvalue weighted by molar-refractivity contribution is 5.96. The van der Waals surface area contributed by atoms with Gasteiger partial charge in [-0.3, -0.25) is 14.0 Å². The molecule has 0 aliphatic heterocycles. The van der Waals surface area contributed by atoms with Crippen LogP contribution in [-0.4, -0.2) is 33.8 Å². The van der Waals surface area contributed by atoms with Crippen LogP contribution in [0.4, 0.5) is 8.78 Å². The number of carbonyl (C=O) groups excluding carboxylic acids is 2. The lowest BCUT2D eigenvalue weighted by Crippen LogP contribution is -2.29. The van der Waals surface area contributed by atoms with Crippen molar-refractivity contribution in [3.8, 4) is 5.75 Å². The Morgan fingerprint density at radius 1 is 1.08 bits per heavy atom. The molecule has 0 spiro atoms. The number of nitrogens with zero attached hydrogens (tertiary/aromatic N) is 2. The van der Waals surface area contributed by atoms with E-state index in [9.17, 15) is 18.4 Å². The summed E-state index contributed by atoms with van der Waals surface area (Å²) in [6, 6.07) is 5.32. The maximum absolute atomic E-state index is 14.2. The zero-order valence-corrected chi connectivity index (χ0v) is 23.8. The number of aryl methyl sites for hydroxylation is 1. The zero-order valence-electron chi connectivity index (χ0n) is 23.8. The van der Waals surface area contributed by atoms with Crippen LogP contribution in [-0.2, 0) is 27.5 Å². The second kappa shape index (κ2) is 12.2. The highest BCUT2D eigenvalue weighted by atomic mass is 19.1. The number of hydrogen-bond acceptors (Lipinski definition) is 6. The average molecular weight is 545 g/mol. The molecular formula is C30H38F2N2O5. The van der Waals surface area contributed by atoms with Crippen LogP contribution in [0.3, 0.4) is 0 Å². The number of esters is 1. The second-order valence-electron chi connectivity index (χ2n) is 11.2. The van der Waals surface area contributed by atoms with Crippen molar-refractivity contribution < 1.29 is 32.6 Å². The minimum absolute atomic E-state index is 0.135. The highest BCUT2D eigenvalue weighted by Gasteiger charge is 2.30. The van der Waals surface area contributed by atoms with Crippen molar-refractivity contribution in [2.24, 2.45) is 5.41 Å². The van der Waals surface area contributed by atoms with E-state index in [1.165, 1.54) is 18.2 Å². The summed E-state index contributed by atoms with van der Waals surface area (Å²) in [5, 5.41) is 0. The first-order chi connectivity index (χ1) is 18.3. The van der Waals surface area contributed by atoms with E-state index >= 15 is 0 Å². The van der Waals surface area contributed by atoms with Gasteiger partial charge in [-0.05, 0) is 63.3 Å². The van der Waals surface area contributed by atoms with Crippen LogP contribution in [0.1, 0.15) is 87.6 Å². The summed E-state index contributed by atoms with van der Waals surface area (Å²) in [4.78, 5) is 30.6.